The van der Waals surface area contributed by atoms with Crippen molar-refractivity contribution in [2.45, 2.75) is 19.4 Å². The van der Waals surface area contributed by atoms with Gasteiger partial charge in [0, 0.05) is 34.6 Å². The molecule has 1 saturated carbocycles. The number of carbonyl (C=O) groups is 1. The Morgan fingerprint density at radius 3 is 2.36 bits per heavy atom. The summed E-state index contributed by atoms with van der Waals surface area (Å²) in [4.78, 5) is 12.0. The van der Waals surface area contributed by atoms with Crippen molar-refractivity contribution < 1.29 is 4.79 Å². The van der Waals surface area contributed by atoms with Crippen LogP contribution in [-0.2, 0) is 6.54 Å². The van der Waals surface area contributed by atoms with Gasteiger partial charge in [-0.15, -0.1) is 0 Å². The molecule has 0 amide bonds. The SMILES string of the molecule is C[C@@H]([C]1[CH][CH][CH][CH]1)c1c(C=O)c2ccccc2n1Cc1ccccc1. The molecule has 4 rings (SSSR count). The summed E-state index contributed by atoms with van der Waals surface area (Å²) >= 11 is 0. The van der Waals surface area contributed by atoms with E-state index in [1.54, 1.807) is 0 Å². The van der Waals surface area contributed by atoms with Crippen LogP contribution < -0.4 is 0 Å². The number of hydrogen-bond donors (Lipinski definition) is 0. The summed E-state index contributed by atoms with van der Waals surface area (Å²) in [6, 6.07) is 18.6. The number of nitrogens with zero attached hydrogens (tertiary/aromatic N) is 1. The minimum Gasteiger partial charge on any atom is -0.339 e. The summed E-state index contributed by atoms with van der Waals surface area (Å²) in [5.74, 6) is 1.39. The second kappa shape index (κ2) is 6.87. The molecule has 0 saturated heterocycles. The van der Waals surface area contributed by atoms with Crippen LogP contribution in [0.15, 0.2) is 54.6 Å². The first-order chi connectivity index (χ1) is 12.3. The van der Waals surface area contributed by atoms with E-state index >= 15 is 0 Å². The number of aldehydes is 1. The highest BCUT2D eigenvalue weighted by Crippen LogP contribution is 2.40. The Bertz CT molecular complexity index is 872. The Kier molecular flexibility index (Phi) is 4.44. The van der Waals surface area contributed by atoms with Crippen LogP contribution in [0.3, 0.4) is 0 Å². The van der Waals surface area contributed by atoms with E-state index in [0.717, 1.165) is 35.0 Å². The van der Waals surface area contributed by atoms with Gasteiger partial charge in [-0.25, -0.2) is 0 Å². The normalized spacial score (nSPS) is 16.4. The zero-order chi connectivity index (χ0) is 17.2. The zero-order valence-corrected chi connectivity index (χ0v) is 14.2. The van der Waals surface area contributed by atoms with E-state index in [9.17, 15) is 4.79 Å². The molecule has 0 N–H and O–H groups in total. The Hall–Kier alpha value is -2.35. The van der Waals surface area contributed by atoms with Gasteiger partial charge in [-0.3, -0.25) is 4.79 Å². The smallest absolute Gasteiger partial charge is 0.152 e. The lowest BCUT2D eigenvalue weighted by Gasteiger charge is -2.22. The molecule has 123 valence electrons. The fourth-order valence-electron chi connectivity index (χ4n) is 3.71. The van der Waals surface area contributed by atoms with Gasteiger partial charge < -0.3 is 4.57 Å². The standard InChI is InChI=1S/C23H20NO/c1-17(19-11-5-6-12-19)23-21(16-25)20-13-7-8-14-22(20)24(23)15-18-9-3-2-4-10-18/h2-14,16-17H,15H2,1H3/t17-/m0/s1. The van der Waals surface area contributed by atoms with Crippen LogP contribution in [0.4, 0.5) is 0 Å². The number of para-hydroxylation sites is 1. The Balaban J connectivity index is 1.88. The molecule has 1 aromatic heterocycles. The van der Waals surface area contributed by atoms with E-state index < -0.39 is 0 Å². The highest BCUT2D eigenvalue weighted by Gasteiger charge is 2.30. The second-order valence-electron chi connectivity index (χ2n) is 6.45. The van der Waals surface area contributed by atoms with E-state index in [4.69, 9.17) is 0 Å². The Labute approximate surface area is 149 Å². The van der Waals surface area contributed by atoms with Gasteiger partial charge >= 0.3 is 0 Å². The van der Waals surface area contributed by atoms with Crippen molar-refractivity contribution in [3.8, 4) is 0 Å². The van der Waals surface area contributed by atoms with Gasteiger partial charge in [-0.2, -0.15) is 0 Å². The lowest BCUT2D eigenvalue weighted by atomic mass is 9.87. The van der Waals surface area contributed by atoms with E-state index in [0.29, 0.717) is 0 Å². The lowest BCUT2D eigenvalue weighted by molar-refractivity contribution is 0.112. The molecule has 0 bridgehead atoms. The summed E-state index contributed by atoms with van der Waals surface area (Å²) < 4.78 is 2.30. The number of rotatable bonds is 5. The molecule has 0 unspecified atom stereocenters. The maximum absolute atomic E-state index is 12.0. The minimum absolute atomic E-state index is 0.159. The Morgan fingerprint density at radius 1 is 0.960 bits per heavy atom. The van der Waals surface area contributed by atoms with Crippen LogP contribution in [-0.4, -0.2) is 10.9 Å². The van der Waals surface area contributed by atoms with Crippen LogP contribution in [0.25, 0.3) is 10.9 Å². The van der Waals surface area contributed by atoms with E-state index in [2.05, 4.69) is 67.5 Å². The summed E-state index contributed by atoms with van der Waals surface area (Å²) in [6.45, 7) is 2.94. The molecular formula is C23H20NO. The van der Waals surface area contributed by atoms with Crippen LogP contribution in [0, 0.1) is 31.6 Å². The number of benzene rings is 2. The lowest BCUT2D eigenvalue weighted by Crippen LogP contribution is -2.14. The molecule has 3 aromatic rings. The molecule has 0 aliphatic heterocycles. The van der Waals surface area contributed by atoms with Crippen LogP contribution in [0.5, 0.6) is 0 Å². The second-order valence-corrected chi connectivity index (χ2v) is 6.45. The van der Waals surface area contributed by atoms with Crippen molar-refractivity contribution in [3.63, 3.8) is 0 Å². The predicted octanol–water partition coefficient (Wildman–Crippen LogP) is 5.01. The van der Waals surface area contributed by atoms with Crippen molar-refractivity contribution in [3.05, 3.63) is 103 Å². The highest BCUT2D eigenvalue weighted by molar-refractivity contribution is 6.00. The summed E-state index contributed by atoms with van der Waals surface area (Å²) in [6.07, 6.45) is 9.37. The van der Waals surface area contributed by atoms with Crippen molar-refractivity contribution in [2.75, 3.05) is 0 Å². The first-order valence-electron chi connectivity index (χ1n) is 8.61. The molecule has 1 aliphatic carbocycles. The van der Waals surface area contributed by atoms with Crippen LogP contribution in [0.1, 0.15) is 34.5 Å². The highest BCUT2D eigenvalue weighted by atomic mass is 16.1. The van der Waals surface area contributed by atoms with Crippen molar-refractivity contribution in [1.29, 1.82) is 0 Å². The van der Waals surface area contributed by atoms with Crippen molar-refractivity contribution in [1.82, 2.24) is 4.57 Å². The van der Waals surface area contributed by atoms with Gasteiger partial charge in [-0.05, 0) is 43.2 Å². The van der Waals surface area contributed by atoms with Gasteiger partial charge in [0.1, 0.15) is 0 Å². The predicted molar refractivity (Wildman–Crippen MR) is 102 cm³/mol. The molecule has 0 spiro atoms. The maximum atomic E-state index is 12.0. The van der Waals surface area contributed by atoms with Crippen LogP contribution in [0.2, 0.25) is 0 Å². The fraction of sp³-hybridized carbons (Fsp3) is 0.130. The number of aromatic nitrogens is 1. The van der Waals surface area contributed by atoms with Gasteiger partial charge in [0.2, 0.25) is 0 Å². The number of hydrogen-bond acceptors (Lipinski definition) is 1. The first kappa shape index (κ1) is 16.1. The maximum Gasteiger partial charge on any atom is 0.152 e. The van der Waals surface area contributed by atoms with Gasteiger partial charge in [0.15, 0.2) is 6.29 Å². The van der Waals surface area contributed by atoms with E-state index in [1.807, 2.05) is 24.3 Å². The molecule has 25 heavy (non-hydrogen) atoms. The summed E-state index contributed by atoms with van der Waals surface area (Å²) in [5, 5.41) is 1.03. The molecule has 1 aliphatic rings. The average molecular weight is 326 g/mol. The monoisotopic (exact) mass is 326 g/mol. The molecule has 2 nitrogen and oxygen atoms in total. The average Bonchev–Trinajstić information content (AvgIpc) is 3.29. The molecular weight excluding hydrogens is 306 g/mol. The van der Waals surface area contributed by atoms with Gasteiger partial charge in [0.05, 0.1) is 0 Å². The van der Waals surface area contributed by atoms with Crippen molar-refractivity contribution in [2.24, 2.45) is 0 Å². The van der Waals surface area contributed by atoms with Crippen LogP contribution >= 0.6 is 0 Å². The third-order valence-corrected chi connectivity index (χ3v) is 4.95. The Morgan fingerprint density at radius 2 is 1.64 bits per heavy atom. The topological polar surface area (TPSA) is 22.0 Å². The largest absolute Gasteiger partial charge is 0.339 e. The van der Waals surface area contributed by atoms with E-state index in [-0.39, 0.29) is 5.92 Å². The third-order valence-electron chi connectivity index (χ3n) is 4.95. The van der Waals surface area contributed by atoms with Gasteiger partial charge in [-0.1, -0.05) is 55.5 Å². The molecule has 2 aromatic carbocycles. The van der Waals surface area contributed by atoms with E-state index in [1.165, 1.54) is 11.5 Å². The quantitative estimate of drug-likeness (QED) is 0.604. The zero-order valence-electron chi connectivity index (χ0n) is 14.2. The molecule has 5 radical (unpaired) electrons. The number of carbonyl (C=O) groups excluding carboxylic acids is 1. The molecule has 2 heteroatoms. The first-order valence-corrected chi connectivity index (χ1v) is 8.61. The van der Waals surface area contributed by atoms with Gasteiger partial charge in [0.25, 0.3) is 0 Å². The number of fused-ring (bicyclic) bond motifs is 1. The molecule has 1 fully saturated rings. The molecule has 1 atom stereocenters. The fourth-order valence-corrected chi connectivity index (χ4v) is 3.71. The minimum atomic E-state index is 0.159. The van der Waals surface area contributed by atoms with Crippen molar-refractivity contribution >= 4 is 17.2 Å². The summed E-state index contributed by atoms with van der Waals surface area (Å²) in [5.41, 5.74) is 4.24. The summed E-state index contributed by atoms with van der Waals surface area (Å²) in [7, 11) is 0. The molecule has 1 heterocycles. The third kappa shape index (κ3) is 2.90.